The molecule has 2 amide bonds. The van der Waals surface area contributed by atoms with E-state index in [0.717, 1.165) is 16.7 Å². The van der Waals surface area contributed by atoms with Crippen molar-refractivity contribution in [2.45, 2.75) is 6.54 Å². The highest BCUT2D eigenvalue weighted by Gasteiger charge is 2.35. The lowest BCUT2D eigenvalue weighted by molar-refractivity contribution is -0.385. The van der Waals surface area contributed by atoms with Crippen LogP contribution in [-0.4, -0.2) is 33.0 Å². The summed E-state index contributed by atoms with van der Waals surface area (Å²) in [7, 11) is 1.43. The Morgan fingerprint density at radius 3 is 2.32 bits per heavy atom. The van der Waals surface area contributed by atoms with Gasteiger partial charge in [-0.2, -0.15) is 0 Å². The molecule has 34 heavy (non-hydrogen) atoms. The van der Waals surface area contributed by atoms with Gasteiger partial charge in [0.2, 0.25) is 0 Å². The third-order valence-electron chi connectivity index (χ3n) is 4.92. The van der Waals surface area contributed by atoms with Crippen molar-refractivity contribution in [2.75, 3.05) is 7.11 Å². The van der Waals surface area contributed by atoms with Crippen molar-refractivity contribution in [1.29, 1.82) is 0 Å². The lowest BCUT2D eigenvalue weighted by Gasteiger charge is -2.12. The zero-order chi connectivity index (χ0) is 24.4. The number of non-ortho nitro benzene ring substituents is 2. The van der Waals surface area contributed by atoms with Crippen LogP contribution in [0, 0.1) is 20.2 Å². The number of ether oxygens (including phenoxy) is 1. The summed E-state index contributed by atoms with van der Waals surface area (Å²) >= 11 is 0.739. The first-order valence-corrected chi connectivity index (χ1v) is 10.5. The summed E-state index contributed by atoms with van der Waals surface area (Å²) in [6.45, 7) is -0.0334. The number of methoxy groups -OCH3 is 1. The molecule has 0 atom stereocenters. The molecule has 0 spiro atoms. The van der Waals surface area contributed by atoms with Crippen molar-refractivity contribution in [1.82, 2.24) is 4.90 Å². The summed E-state index contributed by atoms with van der Waals surface area (Å²) in [6.07, 6.45) is 1.41. The van der Waals surface area contributed by atoms with E-state index in [9.17, 15) is 29.8 Å². The minimum atomic E-state index is -0.534. The molecule has 3 aromatic rings. The number of carbonyl (C=O) groups excluding carboxylic acids is 2. The van der Waals surface area contributed by atoms with Crippen molar-refractivity contribution >= 4 is 40.4 Å². The molecule has 4 rings (SSSR count). The quantitative estimate of drug-likeness (QED) is 0.258. The molecule has 1 aromatic heterocycles. The Balaban J connectivity index is 1.55. The molecule has 0 bridgehead atoms. The van der Waals surface area contributed by atoms with Crippen molar-refractivity contribution < 1.29 is 28.6 Å². The number of imide groups is 1. The van der Waals surface area contributed by atoms with Crippen LogP contribution in [0.5, 0.6) is 5.75 Å². The second kappa shape index (κ2) is 9.19. The summed E-state index contributed by atoms with van der Waals surface area (Å²) in [4.78, 5) is 47.1. The van der Waals surface area contributed by atoms with Crippen LogP contribution in [0.4, 0.5) is 16.2 Å². The van der Waals surface area contributed by atoms with E-state index in [1.807, 2.05) is 0 Å². The van der Waals surface area contributed by atoms with Crippen LogP contribution in [0.1, 0.15) is 11.3 Å². The van der Waals surface area contributed by atoms with Gasteiger partial charge in [-0.05, 0) is 35.5 Å². The molecular formula is C22H15N3O8S. The van der Waals surface area contributed by atoms with Crippen LogP contribution in [0.15, 0.2) is 63.9 Å². The highest BCUT2D eigenvalue weighted by molar-refractivity contribution is 8.18. The second-order valence-corrected chi connectivity index (χ2v) is 8.03. The summed E-state index contributed by atoms with van der Waals surface area (Å²) in [5.41, 5.74) is 0.697. The van der Waals surface area contributed by atoms with E-state index >= 15 is 0 Å². The van der Waals surface area contributed by atoms with Crippen LogP contribution in [0.25, 0.3) is 17.4 Å². The fraction of sp³-hybridized carbons (Fsp3) is 0.0909. The molecule has 1 fully saturated rings. The fourth-order valence-electron chi connectivity index (χ4n) is 3.25. The molecule has 0 unspecified atom stereocenters. The summed E-state index contributed by atoms with van der Waals surface area (Å²) in [6, 6.07) is 12.8. The minimum Gasteiger partial charge on any atom is -0.496 e. The van der Waals surface area contributed by atoms with Gasteiger partial charge in [0, 0.05) is 30.3 Å². The van der Waals surface area contributed by atoms with Gasteiger partial charge in [0.1, 0.15) is 17.3 Å². The van der Waals surface area contributed by atoms with Crippen molar-refractivity contribution in [3.8, 4) is 17.1 Å². The molecule has 1 aliphatic heterocycles. The van der Waals surface area contributed by atoms with Crippen LogP contribution >= 0.6 is 11.8 Å². The zero-order valence-electron chi connectivity index (χ0n) is 17.5. The number of nitrogens with zero attached hydrogens (tertiary/aromatic N) is 3. The van der Waals surface area contributed by atoms with Crippen molar-refractivity contribution in [3.63, 3.8) is 0 Å². The number of furan rings is 1. The Labute approximate surface area is 195 Å². The van der Waals surface area contributed by atoms with E-state index in [2.05, 4.69) is 0 Å². The van der Waals surface area contributed by atoms with Crippen LogP contribution in [-0.2, 0) is 11.3 Å². The highest BCUT2D eigenvalue weighted by Crippen LogP contribution is 2.37. The van der Waals surface area contributed by atoms with Crippen LogP contribution in [0.2, 0.25) is 0 Å². The Morgan fingerprint density at radius 1 is 1.00 bits per heavy atom. The van der Waals surface area contributed by atoms with Crippen molar-refractivity contribution in [2.24, 2.45) is 0 Å². The van der Waals surface area contributed by atoms with Gasteiger partial charge in [0.15, 0.2) is 0 Å². The Morgan fingerprint density at radius 2 is 1.68 bits per heavy atom. The summed E-state index contributed by atoms with van der Waals surface area (Å²) in [5.74, 6) is 0.399. The maximum Gasteiger partial charge on any atom is 0.293 e. The Kier molecular flexibility index (Phi) is 6.15. The summed E-state index contributed by atoms with van der Waals surface area (Å²) in [5, 5.41) is 21.4. The minimum absolute atomic E-state index is 0.0334. The molecule has 2 heterocycles. The standard InChI is InChI=1S/C22H15N3O8S/c1-32-18-8-6-15(25(30)31)10-17(18)19-9-7-16(33-19)11-20-21(26)23(22(27)34-20)12-13-2-4-14(5-3-13)24(28)29/h2-11H,12H2,1H3/b20-11-. The molecule has 172 valence electrons. The van der Waals surface area contributed by atoms with E-state index < -0.39 is 21.0 Å². The molecule has 0 aliphatic carbocycles. The van der Waals surface area contributed by atoms with Crippen molar-refractivity contribution in [3.05, 3.63) is 91.1 Å². The molecule has 0 saturated carbocycles. The molecule has 11 nitrogen and oxygen atoms in total. The number of carbonyl (C=O) groups is 2. The second-order valence-electron chi connectivity index (χ2n) is 7.04. The normalized spacial score (nSPS) is 14.6. The molecule has 2 aromatic carbocycles. The molecule has 12 heteroatoms. The first kappa shape index (κ1) is 22.7. The maximum atomic E-state index is 12.8. The molecule has 1 aliphatic rings. The SMILES string of the molecule is COc1ccc([N+](=O)[O-])cc1-c1ccc(/C=C2\SC(=O)N(Cc3ccc([N+](=O)[O-])cc3)C2=O)o1. The number of nitro benzene ring substituents is 2. The van der Waals surface area contributed by atoms with E-state index in [-0.39, 0.29) is 34.3 Å². The van der Waals surface area contributed by atoms with Crippen LogP contribution in [0.3, 0.4) is 0 Å². The average molecular weight is 481 g/mol. The number of hydrogen-bond acceptors (Lipinski definition) is 9. The first-order valence-electron chi connectivity index (χ1n) is 9.68. The zero-order valence-corrected chi connectivity index (χ0v) is 18.3. The van der Waals surface area contributed by atoms with Gasteiger partial charge in [-0.3, -0.25) is 34.7 Å². The Bertz CT molecular complexity index is 1350. The van der Waals surface area contributed by atoms with E-state index in [1.54, 1.807) is 12.1 Å². The first-order chi connectivity index (χ1) is 16.3. The number of hydrogen-bond donors (Lipinski definition) is 0. The largest absolute Gasteiger partial charge is 0.496 e. The van der Waals surface area contributed by atoms with E-state index in [1.165, 1.54) is 55.7 Å². The highest BCUT2D eigenvalue weighted by atomic mass is 32.2. The number of nitro groups is 2. The average Bonchev–Trinajstić information content (AvgIpc) is 3.39. The fourth-order valence-corrected chi connectivity index (χ4v) is 4.07. The van der Waals surface area contributed by atoms with Gasteiger partial charge in [0.25, 0.3) is 22.5 Å². The number of rotatable bonds is 7. The third kappa shape index (κ3) is 4.52. The molecule has 1 saturated heterocycles. The predicted octanol–water partition coefficient (Wildman–Crippen LogP) is 5.01. The maximum absolute atomic E-state index is 12.8. The smallest absolute Gasteiger partial charge is 0.293 e. The van der Waals surface area contributed by atoms with E-state index in [0.29, 0.717) is 16.9 Å². The number of thioether (sulfide) groups is 1. The monoisotopic (exact) mass is 481 g/mol. The number of benzene rings is 2. The summed E-state index contributed by atoms with van der Waals surface area (Å²) < 4.78 is 11.0. The molecule has 0 radical (unpaired) electrons. The third-order valence-corrected chi connectivity index (χ3v) is 5.83. The lowest BCUT2D eigenvalue weighted by Crippen LogP contribution is -2.27. The predicted molar refractivity (Wildman–Crippen MR) is 122 cm³/mol. The Hall–Kier alpha value is -4.45. The van der Waals surface area contributed by atoms with Gasteiger partial charge < -0.3 is 9.15 Å². The molecule has 0 N–H and O–H groups in total. The van der Waals surface area contributed by atoms with Gasteiger partial charge in [-0.15, -0.1) is 0 Å². The number of amides is 2. The topological polar surface area (TPSA) is 146 Å². The van der Waals surface area contributed by atoms with Gasteiger partial charge >= 0.3 is 0 Å². The molecular weight excluding hydrogens is 466 g/mol. The van der Waals surface area contributed by atoms with E-state index in [4.69, 9.17) is 9.15 Å². The van der Waals surface area contributed by atoms with Gasteiger partial charge in [-0.25, -0.2) is 0 Å². The van der Waals surface area contributed by atoms with Crippen LogP contribution < -0.4 is 4.74 Å². The van der Waals surface area contributed by atoms with Gasteiger partial charge in [-0.1, -0.05) is 12.1 Å². The van der Waals surface area contributed by atoms with Gasteiger partial charge in [0.05, 0.1) is 34.0 Å². The lowest BCUT2D eigenvalue weighted by atomic mass is 10.1.